The van der Waals surface area contributed by atoms with E-state index in [2.05, 4.69) is 23.6 Å². The number of hydrogen-bond donors (Lipinski definition) is 1. The average molecular weight is 338 g/mol. The van der Waals surface area contributed by atoms with Gasteiger partial charge in [0.1, 0.15) is 4.53 Å². The third-order valence-electron chi connectivity index (χ3n) is 5.35. The molecule has 1 fully saturated rings. The third-order valence-corrected chi connectivity index (χ3v) is 6.39. The van der Waals surface area contributed by atoms with E-state index in [0.717, 1.165) is 5.92 Å². The normalized spacial score (nSPS) is 31.3. The molecule has 6 nitrogen and oxygen atoms in total. The summed E-state index contributed by atoms with van der Waals surface area (Å²) in [6, 6.07) is 0.551. The van der Waals surface area contributed by atoms with E-state index < -0.39 is 5.97 Å². The van der Waals surface area contributed by atoms with Gasteiger partial charge in [0.25, 0.3) is 5.56 Å². The summed E-state index contributed by atoms with van der Waals surface area (Å²) in [5.74, 6) is 0.872. The summed E-state index contributed by atoms with van der Waals surface area (Å²) in [5, 5.41) is 0. The summed E-state index contributed by atoms with van der Waals surface area (Å²) < 4.78 is 6.73. The van der Waals surface area contributed by atoms with Gasteiger partial charge in [0, 0.05) is 12.0 Å². The summed E-state index contributed by atoms with van der Waals surface area (Å²) in [6.07, 6.45) is 5.01. The molecular weight excluding hydrogens is 314 g/mol. The molecule has 1 aliphatic heterocycles. The Labute approximate surface area is 139 Å². The molecule has 0 saturated heterocycles. The molecule has 1 aromatic heterocycles. The Kier molecular flexibility index (Phi) is 4.68. The number of esters is 1. The summed E-state index contributed by atoms with van der Waals surface area (Å²) >= 11 is 1.27. The van der Waals surface area contributed by atoms with E-state index in [-0.39, 0.29) is 5.56 Å². The molecule has 0 radical (unpaired) electrons. The van der Waals surface area contributed by atoms with Crippen LogP contribution in [0.5, 0.6) is 0 Å². The Hall–Kier alpha value is -1.47. The zero-order valence-electron chi connectivity index (χ0n) is 13.9. The van der Waals surface area contributed by atoms with Crippen LogP contribution in [-0.4, -0.2) is 30.4 Å². The minimum Gasteiger partial charge on any atom is -0.466 e. The first-order valence-electron chi connectivity index (χ1n) is 8.19. The fourth-order valence-corrected chi connectivity index (χ4v) is 4.68. The molecule has 1 aromatic rings. The zero-order chi connectivity index (χ0) is 16.6. The Morgan fingerprint density at radius 3 is 2.96 bits per heavy atom. The van der Waals surface area contributed by atoms with E-state index in [0.29, 0.717) is 34.6 Å². The van der Waals surface area contributed by atoms with Crippen LogP contribution in [0, 0.1) is 11.8 Å². The maximum Gasteiger partial charge on any atom is 0.332 e. The van der Waals surface area contributed by atoms with Crippen molar-refractivity contribution < 1.29 is 14.4 Å². The number of quaternary nitrogens is 1. The van der Waals surface area contributed by atoms with E-state index >= 15 is 0 Å². The average Bonchev–Trinajstić information content (AvgIpc) is 2.85. The molecule has 2 heterocycles. The minimum absolute atomic E-state index is 0.132. The van der Waals surface area contributed by atoms with Crippen LogP contribution in [0.25, 0.3) is 6.08 Å². The smallest absolute Gasteiger partial charge is 0.332 e. The van der Waals surface area contributed by atoms with Crippen molar-refractivity contribution in [2.24, 2.45) is 16.8 Å². The lowest BCUT2D eigenvalue weighted by atomic mass is 9.77. The number of thiazole rings is 1. The van der Waals surface area contributed by atoms with Crippen LogP contribution in [0.3, 0.4) is 0 Å². The van der Waals surface area contributed by atoms with Crippen LogP contribution >= 0.6 is 11.3 Å². The maximum atomic E-state index is 12.5. The van der Waals surface area contributed by atoms with Crippen molar-refractivity contribution in [3.63, 3.8) is 0 Å². The monoisotopic (exact) mass is 338 g/mol. The minimum atomic E-state index is -0.500. The van der Waals surface area contributed by atoms with Gasteiger partial charge in [-0.3, -0.25) is 9.69 Å². The predicted octanol–water partition coefficient (Wildman–Crippen LogP) is -0.879. The SMILES string of the molecule is COC(=O)/C=c1/sc2n(c1=O)C[NH+]([C@H]1CCC[C@@H](C)[C@H]1C)CN=2. The van der Waals surface area contributed by atoms with E-state index in [1.165, 1.54) is 48.7 Å². The first-order valence-corrected chi connectivity index (χ1v) is 9.01. The van der Waals surface area contributed by atoms with E-state index in [1.54, 1.807) is 4.57 Å². The van der Waals surface area contributed by atoms with Crippen molar-refractivity contribution in [1.82, 2.24) is 4.57 Å². The fraction of sp³-hybridized carbons (Fsp3) is 0.688. The number of nitrogens with one attached hydrogen (secondary N) is 1. The van der Waals surface area contributed by atoms with Gasteiger partial charge in [-0.25, -0.2) is 14.4 Å². The van der Waals surface area contributed by atoms with Crippen molar-refractivity contribution in [2.45, 2.75) is 45.8 Å². The second-order valence-corrected chi connectivity index (χ2v) is 7.67. The molecule has 0 bridgehead atoms. The van der Waals surface area contributed by atoms with Gasteiger partial charge in [-0.2, -0.15) is 0 Å². The van der Waals surface area contributed by atoms with Crippen molar-refractivity contribution in [3.8, 4) is 0 Å². The molecule has 23 heavy (non-hydrogen) atoms. The van der Waals surface area contributed by atoms with Crippen molar-refractivity contribution in [3.05, 3.63) is 19.7 Å². The molecule has 4 atom stereocenters. The van der Waals surface area contributed by atoms with Crippen LogP contribution in [0.2, 0.25) is 0 Å². The first-order chi connectivity index (χ1) is 11.0. The Balaban J connectivity index is 1.88. The lowest BCUT2D eigenvalue weighted by Crippen LogP contribution is -3.17. The number of ether oxygens (including phenoxy) is 1. The highest BCUT2D eigenvalue weighted by atomic mass is 32.1. The second-order valence-electron chi connectivity index (χ2n) is 6.66. The quantitative estimate of drug-likeness (QED) is 0.713. The number of rotatable bonds is 2. The first kappa shape index (κ1) is 16.4. The number of carbonyl (C=O) groups is 1. The number of aromatic nitrogens is 1. The van der Waals surface area contributed by atoms with Crippen molar-refractivity contribution >= 4 is 23.4 Å². The highest BCUT2D eigenvalue weighted by Gasteiger charge is 2.36. The fourth-order valence-electron chi connectivity index (χ4n) is 3.75. The van der Waals surface area contributed by atoms with Gasteiger partial charge in [-0.05, 0) is 25.2 Å². The van der Waals surface area contributed by atoms with Gasteiger partial charge in [0.05, 0.1) is 13.2 Å². The molecule has 1 N–H and O–H groups in total. The summed E-state index contributed by atoms with van der Waals surface area (Å²) in [4.78, 5) is 30.6. The topological polar surface area (TPSA) is 65.1 Å². The summed E-state index contributed by atoms with van der Waals surface area (Å²) in [5.41, 5.74) is -0.132. The Morgan fingerprint density at radius 2 is 2.22 bits per heavy atom. The van der Waals surface area contributed by atoms with Gasteiger partial charge in [-0.15, -0.1) is 0 Å². The largest absolute Gasteiger partial charge is 0.466 e. The van der Waals surface area contributed by atoms with Gasteiger partial charge in [0.15, 0.2) is 18.1 Å². The van der Waals surface area contributed by atoms with E-state index in [1.807, 2.05) is 0 Å². The standard InChI is InChI=1S/C16H23N3O3S/c1-10-5-4-6-12(11(10)2)18-8-17-16-19(9-18)15(21)13(23-16)7-14(20)22-3/h7,10-12H,4-6,8-9H2,1-3H3/p+1/b13-7+/t10-,11-,12+/m1/s1. The summed E-state index contributed by atoms with van der Waals surface area (Å²) in [6.45, 7) is 6.00. The molecule has 0 amide bonds. The number of methoxy groups -OCH3 is 1. The molecule has 1 aliphatic carbocycles. The highest BCUT2D eigenvalue weighted by Crippen LogP contribution is 2.28. The van der Waals surface area contributed by atoms with Crippen molar-refractivity contribution in [2.75, 3.05) is 13.8 Å². The molecule has 1 saturated carbocycles. The lowest BCUT2D eigenvalue weighted by Gasteiger charge is -2.38. The zero-order valence-corrected chi connectivity index (χ0v) is 14.7. The Morgan fingerprint density at radius 1 is 1.43 bits per heavy atom. The van der Waals surface area contributed by atoms with Gasteiger partial charge in [-0.1, -0.05) is 25.2 Å². The molecule has 126 valence electrons. The number of fused-ring (bicyclic) bond motifs is 1. The molecule has 3 rings (SSSR count). The lowest BCUT2D eigenvalue weighted by molar-refractivity contribution is -0.954. The molecular formula is C16H24N3O3S+. The molecule has 0 spiro atoms. The van der Waals surface area contributed by atoms with Crippen LogP contribution in [-0.2, 0) is 16.2 Å². The Bertz CT molecular complexity index is 767. The van der Waals surface area contributed by atoms with Gasteiger partial charge < -0.3 is 4.74 Å². The number of nitrogens with zero attached hydrogens (tertiary/aromatic N) is 2. The van der Waals surface area contributed by atoms with Crippen molar-refractivity contribution in [1.29, 1.82) is 0 Å². The van der Waals surface area contributed by atoms with Gasteiger partial charge >= 0.3 is 5.97 Å². The van der Waals surface area contributed by atoms with Gasteiger partial charge in [0.2, 0.25) is 0 Å². The summed E-state index contributed by atoms with van der Waals surface area (Å²) in [7, 11) is 1.31. The molecule has 7 heteroatoms. The van der Waals surface area contributed by atoms with E-state index in [4.69, 9.17) is 0 Å². The van der Waals surface area contributed by atoms with Crippen LogP contribution in [0.15, 0.2) is 9.79 Å². The molecule has 2 aliphatic rings. The predicted molar refractivity (Wildman–Crippen MR) is 87.6 cm³/mol. The molecule has 1 unspecified atom stereocenters. The maximum absolute atomic E-state index is 12.5. The van der Waals surface area contributed by atoms with Crippen LogP contribution < -0.4 is 19.8 Å². The number of carbonyl (C=O) groups excluding carboxylic acids is 1. The van der Waals surface area contributed by atoms with Crippen LogP contribution in [0.1, 0.15) is 33.1 Å². The molecule has 0 aromatic carbocycles. The number of hydrogen-bond acceptors (Lipinski definition) is 5. The third kappa shape index (κ3) is 3.12. The second kappa shape index (κ2) is 6.57. The van der Waals surface area contributed by atoms with E-state index in [9.17, 15) is 9.59 Å². The van der Waals surface area contributed by atoms with Crippen LogP contribution in [0.4, 0.5) is 0 Å². The highest BCUT2D eigenvalue weighted by molar-refractivity contribution is 7.07.